The molecule has 0 saturated carbocycles. The van der Waals surface area contributed by atoms with Gasteiger partial charge in [0.15, 0.2) is 0 Å². The van der Waals surface area contributed by atoms with E-state index in [0.717, 1.165) is 24.1 Å². The van der Waals surface area contributed by atoms with Crippen molar-refractivity contribution in [2.24, 2.45) is 0 Å². The lowest BCUT2D eigenvalue weighted by atomic mass is 9.96. The van der Waals surface area contributed by atoms with Gasteiger partial charge in [0.1, 0.15) is 29.4 Å². The Kier molecular flexibility index (Phi) is 6.32. The van der Waals surface area contributed by atoms with Crippen molar-refractivity contribution in [3.8, 4) is 17.2 Å². The predicted octanol–water partition coefficient (Wildman–Crippen LogP) is 3.94. The molecule has 1 amide bonds. The maximum absolute atomic E-state index is 13.4. The molecular weight excluding hydrogens is 404 g/mol. The van der Waals surface area contributed by atoms with Crippen LogP contribution in [0.5, 0.6) is 17.2 Å². The van der Waals surface area contributed by atoms with Gasteiger partial charge in [-0.25, -0.2) is 0 Å². The first kappa shape index (κ1) is 21.7. The van der Waals surface area contributed by atoms with Crippen molar-refractivity contribution in [3.05, 3.63) is 88.5 Å². The van der Waals surface area contributed by atoms with Gasteiger partial charge in [-0.3, -0.25) is 4.79 Å². The van der Waals surface area contributed by atoms with Crippen molar-refractivity contribution >= 4 is 5.91 Å². The zero-order valence-electron chi connectivity index (χ0n) is 18.4. The molecule has 1 aliphatic rings. The van der Waals surface area contributed by atoms with Crippen LogP contribution in [0, 0.1) is 0 Å². The van der Waals surface area contributed by atoms with Gasteiger partial charge in [-0.2, -0.15) is 0 Å². The number of hydrogen-bond donors (Lipinski definition) is 2. The van der Waals surface area contributed by atoms with Crippen LogP contribution < -0.4 is 4.74 Å². The number of amides is 1. The third-order valence-electron chi connectivity index (χ3n) is 5.59. The first-order valence-corrected chi connectivity index (χ1v) is 10.7. The number of nitrogens with zero attached hydrogens (tertiary/aromatic N) is 2. The number of phenolic OH excluding ortho intramolecular Hbond substituents is 2. The average Bonchev–Trinajstić information content (AvgIpc) is 2.76. The number of aromatic hydroxyl groups is 2. The standard InChI is InChI=1S/C26H28N2O4/c1-27(2)15-19-8-9-20-10-11-28(16-21(20)12-19)26(31)25-23(30)13-22(29)14-24(25)32-17-18-6-4-3-5-7-18/h3-9,12-14,29-30H,10-11,15-17H2,1-2H3. The molecule has 3 aromatic carbocycles. The van der Waals surface area contributed by atoms with Crippen molar-refractivity contribution in [1.82, 2.24) is 9.80 Å². The summed E-state index contributed by atoms with van der Waals surface area (Å²) in [4.78, 5) is 17.3. The van der Waals surface area contributed by atoms with E-state index in [-0.39, 0.29) is 35.3 Å². The summed E-state index contributed by atoms with van der Waals surface area (Å²) in [5.74, 6) is -0.581. The van der Waals surface area contributed by atoms with E-state index in [1.165, 1.54) is 23.3 Å². The second-order valence-corrected chi connectivity index (χ2v) is 8.43. The van der Waals surface area contributed by atoms with Gasteiger partial charge in [0, 0.05) is 31.8 Å². The van der Waals surface area contributed by atoms with Crippen LogP contribution in [-0.4, -0.2) is 46.6 Å². The first-order chi connectivity index (χ1) is 15.4. The topological polar surface area (TPSA) is 73.2 Å². The van der Waals surface area contributed by atoms with Gasteiger partial charge in [-0.05, 0) is 42.8 Å². The smallest absolute Gasteiger partial charge is 0.261 e. The van der Waals surface area contributed by atoms with E-state index in [1.54, 1.807) is 4.90 Å². The number of benzene rings is 3. The summed E-state index contributed by atoms with van der Waals surface area (Å²) >= 11 is 0. The van der Waals surface area contributed by atoms with E-state index in [1.807, 2.05) is 44.4 Å². The van der Waals surface area contributed by atoms with Crippen molar-refractivity contribution in [1.29, 1.82) is 0 Å². The minimum Gasteiger partial charge on any atom is -0.508 e. The predicted molar refractivity (Wildman–Crippen MR) is 123 cm³/mol. The number of carbonyl (C=O) groups is 1. The highest BCUT2D eigenvalue weighted by Gasteiger charge is 2.27. The van der Waals surface area contributed by atoms with Crippen molar-refractivity contribution in [2.75, 3.05) is 20.6 Å². The molecule has 0 radical (unpaired) electrons. The Hall–Kier alpha value is -3.51. The first-order valence-electron chi connectivity index (χ1n) is 10.7. The van der Waals surface area contributed by atoms with Crippen molar-refractivity contribution in [3.63, 3.8) is 0 Å². The summed E-state index contributed by atoms with van der Waals surface area (Å²) in [5.41, 5.74) is 4.56. The molecule has 0 aromatic heterocycles. The summed E-state index contributed by atoms with van der Waals surface area (Å²) in [6, 6.07) is 18.5. The van der Waals surface area contributed by atoms with Crippen LogP contribution >= 0.6 is 0 Å². The van der Waals surface area contributed by atoms with E-state index < -0.39 is 0 Å². The Morgan fingerprint density at radius 2 is 1.78 bits per heavy atom. The Bertz CT molecular complexity index is 1110. The number of fused-ring (bicyclic) bond motifs is 1. The molecule has 2 N–H and O–H groups in total. The number of carbonyl (C=O) groups excluding carboxylic acids is 1. The minimum atomic E-state index is -0.311. The van der Waals surface area contributed by atoms with Crippen LogP contribution in [0.3, 0.4) is 0 Å². The number of phenols is 2. The third kappa shape index (κ3) is 4.86. The molecule has 0 spiro atoms. The Balaban J connectivity index is 1.58. The van der Waals surface area contributed by atoms with Gasteiger partial charge in [0.25, 0.3) is 5.91 Å². The summed E-state index contributed by atoms with van der Waals surface area (Å²) in [6.07, 6.45) is 0.752. The lowest BCUT2D eigenvalue weighted by molar-refractivity contribution is 0.0726. The average molecular weight is 433 g/mol. The fourth-order valence-electron chi connectivity index (χ4n) is 4.06. The van der Waals surface area contributed by atoms with E-state index in [2.05, 4.69) is 23.1 Å². The molecule has 32 heavy (non-hydrogen) atoms. The molecule has 0 atom stereocenters. The maximum atomic E-state index is 13.4. The Labute approximate surface area is 188 Å². The molecule has 4 rings (SSSR count). The SMILES string of the molecule is CN(C)Cc1ccc2c(c1)CN(C(=O)c1c(O)cc(O)cc1OCc1ccccc1)CC2. The van der Waals surface area contributed by atoms with Gasteiger partial charge in [-0.1, -0.05) is 48.5 Å². The van der Waals surface area contributed by atoms with Gasteiger partial charge >= 0.3 is 0 Å². The molecule has 0 aliphatic carbocycles. The number of rotatable bonds is 6. The van der Waals surface area contributed by atoms with Gasteiger partial charge in [-0.15, -0.1) is 0 Å². The molecule has 0 unspecified atom stereocenters. The largest absolute Gasteiger partial charge is 0.508 e. The van der Waals surface area contributed by atoms with Crippen LogP contribution in [0.15, 0.2) is 60.7 Å². The molecule has 1 aliphatic heterocycles. The van der Waals surface area contributed by atoms with Crippen LogP contribution in [0.1, 0.15) is 32.6 Å². The number of ether oxygens (including phenoxy) is 1. The summed E-state index contributed by atoms with van der Waals surface area (Å²) in [5, 5.41) is 20.5. The summed E-state index contributed by atoms with van der Waals surface area (Å²) in [7, 11) is 4.06. The molecular formula is C26H28N2O4. The number of hydrogen-bond acceptors (Lipinski definition) is 5. The monoisotopic (exact) mass is 432 g/mol. The lowest BCUT2D eigenvalue weighted by Crippen LogP contribution is -2.36. The zero-order chi connectivity index (χ0) is 22.7. The highest BCUT2D eigenvalue weighted by molar-refractivity contribution is 6.00. The molecule has 3 aromatic rings. The highest BCUT2D eigenvalue weighted by Crippen LogP contribution is 2.35. The quantitative estimate of drug-likeness (QED) is 0.617. The summed E-state index contributed by atoms with van der Waals surface area (Å²) < 4.78 is 5.86. The van der Waals surface area contributed by atoms with E-state index >= 15 is 0 Å². The fourth-order valence-corrected chi connectivity index (χ4v) is 4.06. The lowest BCUT2D eigenvalue weighted by Gasteiger charge is -2.30. The minimum absolute atomic E-state index is 0.0756. The van der Waals surface area contributed by atoms with Crippen molar-refractivity contribution in [2.45, 2.75) is 26.1 Å². The maximum Gasteiger partial charge on any atom is 0.261 e. The molecule has 6 nitrogen and oxygen atoms in total. The molecule has 0 saturated heterocycles. The normalized spacial score (nSPS) is 13.2. The van der Waals surface area contributed by atoms with Crippen LogP contribution in [-0.2, 0) is 26.1 Å². The van der Waals surface area contributed by atoms with Gasteiger partial charge in [0.2, 0.25) is 0 Å². The van der Waals surface area contributed by atoms with Crippen LogP contribution in [0.4, 0.5) is 0 Å². The molecule has 6 heteroatoms. The molecule has 1 heterocycles. The summed E-state index contributed by atoms with van der Waals surface area (Å²) in [6.45, 7) is 2.07. The van der Waals surface area contributed by atoms with Gasteiger partial charge < -0.3 is 24.7 Å². The molecule has 0 fully saturated rings. The fraction of sp³-hybridized carbons (Fsp3) is 0.269. The van der Waals surface area contributed by atoms with E-state index in [4.69, 9.17) is 4.74 Å². The molecule has 0 bridgehead atoms. The van der Waals surface area contributed by atoms with Crippen molar-refractivity contribution < 1.29 is 19.7 Å². The van der Waals surface area contributed by atoms with E-state index in [9.17, 15) is 15.0 Å². The van der Waals surface area contributed by atoms with Gasteiger partial charge in [0.05, 0.1) is 0 Å². The zero-order valence-corrected chi connectivity index (χ0v) is 18.4. The Morgan fingerprint density at radius 3 is 2.53 bits per heavy atom. The highest BCUT2D eigenvalue weighted by atomic mass is 16.5. The van der Waals surface area contributed by atoms with Crippen LogP contribution in [0.2, 0.25) is 0 Å². The Morgan fingerprint density at radius 1 is 1.00 bits per heavy atom. The second-order valence-electron chi connectivity index (χ2n) is 8.43. The molecule has 166 valence electrons. The third-order valence-corrected chi connectivity index (χ3v) is 5.59. The van der Waals surface area contributed by atoms with Crippen LogP contribution in [0.25, 0.3) is 0 Å². The van der Waals surface area contributed by atoms with E-state index in [0.29, 0.717) is 13.1 Å². The second kappa shape index (κ2) is 9.32.